The van der Waals surface area contributed by atoms with Gasteiger partial charge in [0, 0.05) is 19.6 Å². The predicted molar refractivity (Wildman–Crippen MR) is 60.3 cm³/mol. The number of nitrogens with two attached hydrogens (primary N) is 1. The Morgan fingerprint density at radius 3 is 3.00 bits per heavy atom. The van der Waals surface area contributed by atoms with Crippen LogP contribution >= 0.6 is 0 Å². The molecule has 2 rings (SSSR count). The Labute approximate surface area is 98.7 Å². The molecule has 0 amide bonds. The summed E-state index contributed by atoms with van der Waals surface area (Å²) in [6.07, 6.45) is 2.09. The first-order chi connectivity index (χ1) is 8.20. The minimum atomic E-state index is -0.140. The first kappa shape index (κ1) is 11.8. The number of hydrogen-bond acceptors (Lipinski definition) is 6. The van der Waals surface area contributed by atoms with Crippen LogP contribution in [-0.4, -0.2) is 29.9 Å². The topological polar surface area (TPSA) is 87.3 Å². The van der Waals surface area contributed by atoms with Crippen molar-refractivity contribution in [3.8, 4) is 11.4 Å². The van der Waals surface area contributed by atoms with Crippen LogP contribution in [0.15, 0.2) is 21.3 Å². The first-order valence-electron chi connectivity index (χ1n) is 5.32. The molecule has 17 heavy (non-hydrogen) atoms. The van der Waals surface area contributed by atoms with Crippen LogP contribution in [0.25, 0.3) is 11.4 Å². The largest absolute Gasteiger partial charge is 0.469 e. The number of hydrogen-bond donors (Lipinski definition) is 1. The first-order valence-corrected chi connectivity index (χ1v) is 5.32. The van der Waals surface area contributed by atoms with Gasteiger partial charge in [-0.1, -0.05) is 5.16 Å². The molecule has 0 aliphatic carbocycles. The molecule has 1 unspecified atom stereocenters. The quantitative estimate of drug-likeness (QED) is 0.839. The van der Waals surface area contributed by atoms with E-state index in [0.29, 0.717) is 24.7 Å². The molecule has 0 aliphatic heterocycles. The van der Waals surface area contributed by atoms with Crippen LogP contribution in [-0.2, 0) is 11.2 Å². The molecule has 2 aromatic heterocycles. The molecule has 0 saturated heterocycles. The Morgan fingerprint density at radius 1 is 1.53 bits per heavy atom. The molecule has 0 spiro atoms. The average molecular weight is 237 g/mol. The maximum Gasteiger partial charge on any atom is 0.228 e. The number of ether oxygens (including phenoxy) is 1. The lowest BCUT2D eigenvalue weighted by Gasteiger charge is -2.05. The third kappa shape index (κ3) is 2.72. The molecule has 6 nitrogen and oxygen atoms in total. The molecule has 2 N–H and O–H groups in total. The van der Waals surface area contributed by atoms with Gasteiger partial charge >= 0.3 is 0 Å². The standard InChI is InChI=1S/C11H15N3O3/c1-7-9(3-4-16-7)11-13-10(17-14-11)5-8(12)6-15-2/h3-4,8H,5-6,12H2,1-2H3. The fourth-order valence-corrected chi connectivity index (χ4v) is 1.56. The molecule has 0 radical (unpaired) electrons. The summed E-state index contributed by atoms with van der Waals surface area (Å²) in [4.78, 5) is 4.26. The fourth-order valence-electron chi connectivity index (χ4n) is 1.56. The van der Waals surface area contributed by atoms with Crippen molar-refractivity contribution in [3.63, 3.8) is 0 Å². The van der Waals surface area contributed by atoms with Gasteiger partial charge in [0.25, 0.3) is 0 Å². The summed E-state index contributed by atoms with van der Waals surface area (Å²) in [6.45, 7) is 2.31. The minimum absolute atomic E-state index is 0.140. The summed E-state index contributed by atoms with van der Waals surface area (Å²) in [5, 5.41) is 3.89. The van der Waals surface area contributed by atoms with Crippen molar-refractivity contribution in [3.05, 3.63) is 24.0 Å². The van der Waals surface area contributed by atoms with Crippen LogP contribution in [0.5, 0.6) is 0 Å². The number of furan rings is 1. The van der Waals surface area contributed by atoms with E-state index in [1.165, 1.54) is 0 Å². The highest BCUT2D eigenvalue weighted by Gasteiger charge is 2.14. The summed E-state index contributed by atoms with van der Waals surface area (Å²) < 4.78 is 15.2. The van der Waals surface area contributed by atoms with Gasteiger partial charge in [0.05, 0.1) is 18.4 Å². The minimum Gasteiger partial charge on any atom is -0.469 e. The van der Waals surface area contributed by atoms with Crippen LogP contribution in [0.3, 0.4) is 0 Å². The highest BCUT2D eigenvalue weighted by molar-refractivity contribution is 5.56. The van der Waals surface area contributed by atoms with Crippen LogP contribution in [0.4, 0.5) is 0 Å². The van der Waals surface area contributed by atoms with Gasteiger partial charge in [-0.25, -0.2) is 0 Å². The summed E-state index contributed by atoms with van der Waals surface area (Å²) in [5.74, 6) is 1.79. The van der Waals surface area contributed by atoms with Gasteiger partial charge in [0.2, 0.25) is 11.7 Å². The van der Waals surface area contributed by atoms with Crippen molar-refractivity contribution in [2.24, 2.45) is 5.73 Å². The number of nitrogens with zero attached hydrogens (tertiary/aromatic N) is 2. The summed E-state index contributed by atoms with van der Waals surface area (Å²) in [5.41, 5.74) is 6.64. The van der Waals surface area contributed by atoms with E-state index in [-0.39, 0.29) is 6.04 Å². The zero-order valence-electron chi connectivity index (χ0n) is 9.84. The van der Waals surface area contributed by atoms with Crippen LogP contribution in [0.1, 0.15) is 11.7 Å². The van der Waals surface area contributed by atoms with Crippen LogP contribution in [0.2, 0.25) is 0 Å². The Balaban J connectivity index is 2.09. The lowest BCUT2D eigenvalue weighted by atomic mass is 10.2. The van der Waals surface area contributed by atoms with Gasteiger partial charge in [-0.3, -0.25) is 0 Å². The van der Waals surface area contributed by atoms with E-state index in [1.54, 1.807) is 19.4 Å². The Bertz CT molecular complexity index is 478. The number of aryl methyl sites for hydroxylation is 1. The van der Waals surface area contributed by atoms with Crippen molar-refractivity contribution < 1.29 is 13.7 Å². The lowest BCUT2D eigenvalue weighted by molar-refractivity contribution is 0.176. The molecule has 0 aliphatic rings. The van der Waals surface area contributed by atoms with Gasteiger partial charge in [-0.2, -0.15) is 4.98 Å². The summed E-state index contributed by atoms with van der Waals surface area (Å²) in [7, 11) is 1.61. The zero-order valence-corrected chi connectivity index (χ0v) is 9.84. The maximum atomic E-state index is 5.80. The molecule has 92 valence electrons. The van der Waals surface area contributed by atoms with E-state index < -0.39 is 0 Å². The maximum absolute atomic E-state index is 5.80. The second kappa shape index (κ2) is 5.11. The number of rotatable bonds is 5. The monoisotopic (exact) mass is 237 g/mol. The van der Waals surface area contributed by atoms with E-state index in [2.05, 4.69) is 10.1 Å². The highest BCUT2D eigenvalue weighted by atomic mass is 16.5. The number of aromatic nitrogens is 2. The normalized spacial score (nSPS) is 12.9. The Morgan fingerprint density at radius 2 is 2.35 bits per heavy atom. The second-order valence-electron chi connectivity index (χ2n) is 3.82. The third-order valence-corrected chi connectivity index (χ3v) is 2.39. The second-order valence-corrected chi connectivity index (χ2v) is 3.82. The van der Waals surface area contributed by atoms with Gasteiger partial charge in [0.1, 0.15) is 5.76 Å². The molecule has 2 heterocycles. The molecule has 0 aromatic carbocycles. The molecule has 0 bridgehead atoms. The van der Waals surface area contributed by atoms with Crippen molar-refractivity contribution >= 4 is 0 Å². The van der Waals surface area contributed by atoms with E-state index in [9.17, 15) is 0 Å². The summed E-state index contributed by atoms with van der Waals surface area (Å²) in [6, 6.07) is 1.66. The van der Waals surface area contributed by atoms with E-state index in [4.69, 9.17) is 19.4 Å². The third-order valence-electron chi connectivity index (χ3n) is 2.39. The molecular weight excluding hydrogens is 222 g/mol. The molecule has 6 heteroatoms. The molecule has 0 saturated carbocycles. The molecule has 1 atom stereocenters. The summed E-state index contributed by atoms with van der Waals surface area (Å²) >= 11 is 0. The van der Waals surface area contributed by atoms with E-state index in [0.717, 1.165) is 11.3 Å². The van der Waals surface area contributed by atoms with Crippen molar-refractivity contribution in [2.75, 3.05) is 13.7 Å². The fraction of sp³-hybridized carbons (Fsp3) is 0.455. The molecular formula is C11H15N3O3. The van der Waals surface area contributed by atoms with Gasteiger partial charge < -0.3 is 19.4 Å². The zero-order chi connectivity index (χ0) is 12.3. The SMILES string of the molecule is COCC(N)Cc1nc(-c2ccoc2C)no1. The van der Waals surface area contributed by atoms with Crippen molar-refractivity contribution in [2.45, 2.75) is 19.4 Å². The molecule has 0 fully saturated rings. The van der Waals surface area contributed by atoms with E-state index >= 15 is 0 Å². The number of methoxy groups -OCH3 is 1. The van der Waals surface area contributed by atoms with Gasteiger partial charge in [0.15, 0.2) is 0 Å². The average Bonchev–Trinajstić information content (AvgIpc) is 2.87. The highest BCUT2D eigenvalue weighted by Crippen LogP contribution is 2.21. The lowest BCUT2D eigenvalue weighted by Crippen LogP contribution is -2.28. The van der Waals surface area contributed by atoms with Crippen molar-refractivity contribution in [1.29, 1.82) is 0 Å². The van der Waals surface area contributed by atoms with Crippen molar-refractivity contribution in [1.82, 2.24) is 10.1 Å². The molecule has 2 aromatic rings. The Hall–Kier alpha value is -1.66. The predicted octanol–water partition coefficient (Wildman–Crippen LogP) is 1.15. The van der Waals surface area contributed by atoms with Gasteiger partial charge in [-0.05, 0) is 13.0 Å². The Kier molecular flexibility index (Phi) is 3.55. The van der Waals surface area contributed by atoms with Crippen LogP contribution in [0, 0.1) is 6.92 Å². The van der Waals surface area contributed by atoms with Gasteiger partial charge in [-0.15, -0.1) is 0 Å². The van der Waals surface area contributed by atoms with Crippen LogP contribution < -0.4 is 5.73 Å². The van der Waals surface area contributed by atoms with E-state index in [1.807, 2.05) is 6.92 Å². The smallest absolute Gasteiger partial charge is 0.228 e.